The first-order chi connectivity index (χ1) is 9.86. The van der Waals surface area contributed by atoms with Crippen LogP contribution in [0.2, 0.25) is 0 Å². The van der Waals surface area contributed by atoms with Gasteiger partial charge < -0.3 is 10.4 Å². The van der Waals surface area contributed by atoms with Crippen molar-refractivity contribution in [2.75, 3.05) is 13.2 Å². The van der Waals surface area contributed by atoms with Gasteiger partial charge in [0.25, 0.3) is 0 Å². The minimum atomic E-state index is -3.85. The minimum absolute atomic E-state index is 0.0247. The van der Waals surface area contributed by atoms with E-state index in [0.717, 1.165) is 0 Å². The average Bonchev–Trinajstić information content (AvgIpc) is 2.42. The van der Waals surface area contributed by atoms with Crippen molar-refractivity contribution in [1.29, 1.82) is 0 Å². The number of benzene rings is 1. The SMILES string of the molecule is CC(C)NC(=O)CNS(=O)(=O)c1ccccc1C#CCO. The van der Waals surface area contributed by atoms with Crippen molar-refractivity contribution < 1.29 is 18.3 Å². The van der Waals surface area contributed by atoms with Gasteiger partial charge in [-0.05, 0) is 26.0 Å². The van der Waals surface area contributed by atoms with Crippen LogP contribution in [-0.2, 0) is 14.8 Å². The van der Waals surface area contributed by atoms with Crippen molar-refractivity contribution in [3.63, 3.8) is 0 Å². The van der Waals surface area contributed by atoms with Gasteiger partial charge in [-0.15, -0.1) is 0 Å². The van der Waals surface area contributed by atoms with Crippen molar-refractivity contribution >= 4 is 15.9 Å². The Morgan fingerprint density at radius 1 is 1.33 bits per heavy atom. The van der Waals surface area contributed by atoms with Crippen LogP contribution in [0.1, 0.15) is 19.4 Å². The lowest BCUT2D eigenvalue weighted by Gasteiger charge is -2.10. The van der Waals surface area contributed by atoms with Crippen molar-refractivity contribution in [2.45, 2.75) is 24.8 Å². The minimum Gasteiger partial charge on any atom is -0.384 e. The Morgan fingerprint density at radius 2 is 2.00 bits per heavy atom. The van der Waals surface area contributed by atoms with Crippen LogP contribution in [0.3, 0.4) is 0 Å². The van der Waals surface area contributed by atoms with Gasteiger partial charge in [0.05, 0.1) is 11.4 Å². The molecule has 7 heteroatoms. The van der Waals surface area contributed by atoms with E-state index < -0.39 is 15.9 Å². The quantitative estimate of drug-likeness (QED) is 0.658. The molecule has 0 heterocycles. The van der Waals surface area contributed by atoms with Crippen LogP contribution in [0.25, 0.3) is 0 Å². The number of carbonyl (C=O) groups is 1. The Hall–Kier alpha value is -1.88. The van der Waals surface area contributed by atoms with E-state index in [2.05, 4.69) is 21.9 Å². The summed E-state index contributed by atoms with van der Waals surface area (Å²) in [5.41, 5.74) is 0.267. The van der Waals surface area contributed by atoms with Gasteiger partial charge in [-0.1, -0.05) is 24.0 Å². The fourth-order valence-corrected chi connectivity index (χ4v) is 2.69. The Labute approximate surface area is 124 Å². The fourth-order valence-electron chi connectivity index (χ4n) is 1.55. The zero-order valence-corrected chi connectivity index (χ0v) is 12.7. The topological polar surface area (TPSA) is 95.5 Å². The Kier molecular flexibility index (Phi) is 6.37. The lowest BCUT2D eigenvalue weighted by atomic mass is 10.2. The molecule has 0 saturated heterocycles. The molecule has 0 aliphatic rings. The lowest BCUT2D eigenvalue weighted by molar-refractivity contribution is -0.120. The zero-order valence-electron chi connectivity index (χ0n) is 11.9. The van der Waals surface area contributed by atoms with Gasteiger partial charge in [0.1, 0.15) is 6.61 Å². The molecule has 0 atom stereocenters. The van der Waals surface area contributed by atoms with Gasteiger partial charge in [0.15, 0.2) is 0 Å². The number of hydrogen-bond donors (Lipinski definition) is 3. The molecule has 0 bridgehead atoms. The molecule has 6 nitrogen and oxygen atoms in total. The number of aliphatic hydroxyl groups excluding tert-OH is 1. The van der Waals surface area contributed by atoms with Gasteiger partial charge >= 0.3 is 0 Å². The third-order valence-corrected chi connectivity index (χ3v) is 3.81. The molecular weight excluding hydrogens is 292 g/mol. The van der Waals surface area contributed by atoms with E-state index in [1.54, 1.807) is 26.0 Å². The molecule has 0 unspecified atom stereocenters. The summed E-state index contributed by atoms with van der Waals surface area (Å²) >= 11 is 0. The van der Waals surface area contributed by atoms with Crippen LogP contribution in [0.15, 0.2) is 29.2 Å². The molecule has 1 aromatic carbocycles. The molecule has 0 saturated carbocycles. The molecule has 21 heavy (non-hydrogen) atoms. The molecule has 0 fully saturated rings. The zero-order chi connectivity index (χ0) is 15.9. The van der Waals surface area contributed by atoms with Crippen molar-refractivity contribution in [3.05, 3.63) is 29.8 Å². The summed E-state index contributed by atoms with van der Waals surface area (Å²) in [5, 5.41) is 11.3. The van der Waals surface area contributed by atoms with Gasteiger partial charge in [-0.25, -0.2) is 13.1 Å². The smallest absolute Gasteiger partial charge is 0.242 e. The number of sulfonamides is 1. The average molecular weight is 310 g/mol. The molecule has 0 aromatic heterocycles. The maximum atomic E-state index is 12.2. The van der Waals surface area contributed by atoms with Crippen LogP contribution in [0, 0.1) is 11.8 Å². The van der Waals surface area contributed by atoms with Crippen LogP contribution < -0.4 is 10.0 Å². The normalized spacial score (nSPS) is 10.9. The molecule has 0 radical (unpaired) electrons. The second kappa shape index (κ2) is 7.78. The maximum Gasteiger partial charge on any atom is 0.242 e. The highest BCUT2D eigenvalue weighted by Crippen LogP contribution is 2.13. The van der Waals surface area contributed by atoms with E-state index in [1.165, 1.54) is 12.1 Å². The van der Waals surface area contributed by atoms with Gasteiger partial charge in [-0.2, -0.15) is 0 Å². The molecule has 1 amide bonds. The second-order valence-electron chi connectivity index (χ2n) is 4.50. The summed E-state index contributed by atoms with van der Waals surface area (Å²) in [6.07, 6.45) is 0. The van der Waals surface area contributed by atoms with Gasteiger partial charge in [0, 0.05) is 11.6 Å². The lowest BCUT2D eigenvalue weighted by Crippen LogP contribution is -2.39. The van der Waals surface area contributed by atoms with E-state index in [9.17, 15) is 13.2 Å². The summed E-state index contributed by atoms with van der Waals surface area (Å²) in [6.45, 7) is 2.86. The van der Waals surface area contributed by atoms with Crippen LogP contribution in [0.5, 0.6) is 0 Å². The number of amides is 1. The molecule has 1 rings (SSSR count). The van der Waals surface area contributed by atoms with E-state index in [4.69, 9.17) is 5.11 Å². The van der Waals surface area contributed by atoms with Crippen LogP contribution in [0.4, 0.5) is 0 Å². The third kappa shape index (κ3) is 5.55. The molecule has 0 spiro atoms. The van der Waals surface area contributed by atoms with Gasteiger partial charge in [-0.3, -0.25) is 4.79 Å². The highest BCUT2D eigenvalue weighted by atomic mass is 32.2. The number of rotatable bonds is 5. The Morgan fingerprint density at radius 3 is 2.62 bits per heavy atom. The third-order valence-electron chi connectivity index (χ3n) is 2.35. The summed E-state index contributed by atoms with van der Waals surface area (Å²) < 4.78 is 26.6. The first-order valence-electron chi connectivity index (χ1n) is 6.34. The molecule has 0 aliphatic heterocycles. The largest absolute Gasteiger partial charge is 0.384 e. The predicted molar refractivity (Wildman–Crippen MR) is 78.9 cm³/mol. The van der Waals surface area contributed by atoms with E-state index in [-0.39, 0.29) is 29.7 Å². The van der Waals surface area contributed by atoms with Gasteiger partial charge in [0.2, 0.25) is 15.9 Å². The monoisotopic (exact) mass is 310 g/mol. The highest BCUT2D eigenvalue weighted by Gasteiger charge is 2.18. The predicted octanol–water partition coefficient (Wildman–Crippen LogP) is -0.167. The number of carbonyl (C=O) groups excluding carboxylic acids is 1. The summed E-state index contributed by atoms with van der Waals surface area (Å²) in [7, 11) is -3.85. The highest BCUT2D eigenvalue weighted by molar-refractivity contribution is 7.89. The number of hydrogen-bond acceptors (Lipinski definition) is 4. The summed E-state index contributed by atoms with van der Waals surface area (Å²) in [4.78, 5) is 11.5. The molecule has 1 aromatic rings. The number of aliphatic hydroxyl groups is 1. The molecular formula is C14H18N2O4S. The van der Waals surface area contributed by atoms with E-state index in [0.29, 0.717) is 0 Å². The summed E-state index contributed by atoms with van der Waals surface area (Å²) in [5.74, 6) is 4.56. The fraction of sp³-hybridized carbons (Fsp3) is 0.357. The summed E-state index contributed by atoms with van der Waals surface area (Å²) in [6, 6.07) is 6.07. The van der Waals surface area contributed by atoms with Crippen LogP contribution in [-0.4, -0.2) is 38.6 Å². The van der Waals surface area contributed by atoms with Crippen LogP contribution >= 0.6 is 0 Å². The molecule has 114 valence electrons. The van der Waals surface area contributed by atoms with Crippen molar-refractivity contribution in [3.8, 4) is 11.8 Å². The standard InChI is InChI=1S/C14H18N2O4S/c1-11(2)16-14(18)10-15-21(19,20)13-8-4-3-6-12(13)7-5-9-17/h3-4,6,8,11,15,17H,9-10H2,1-2H3,(H,16,18). The first-order valence-corrected chi connectivity index (χ1v) is 7.83. The van der Waals surface area contributed by atoms with Crippen molar-refractivity contribution in [1.82, 2.24) is 10.0 Å². The number of nitrogens with one attached hydrogen (secondary N) is 2. The van der Waals surface area contributed by atoms with Crippen molar-refractivity contribution in [2.24, 2.45) is 0 Å². The second-order valence-corrected chi connectivity index (χ2v) is 6.24. The Bertz CT molecular complexity index is 657. The first kappa shape index (κ1) is 17.2. The molecule has 0 aliphatic carbocycles. The van der Waals surface area contributed by atoms with E-state index >= 15 is 0 Å². The maximum absolute atomic E-state index is 12.2. The van der Waals surface area contributed by atoms with E-state index in [1.807, 2.05) is 0 Å². The molecule has 3 N–H and O–H groups in total. The Balaban J connectivity index is 2.91.